The predicted molar refractivity (Wildman–Crippen MR) is 108 cm³/mol. The number of halogens is 1. The predicted octanol–water partition coefficient (Wildman–Crippen LogP) is 4.70. The van der Waals surface area contributed by atoms with Crippen molar-refractivity contribution in [3.8, 4) is 0 Å². The first-order valence-corrected chi connectivity index (χ1v) is 10.5. The minimum atomic E-state index is -0.990. The molecule has 2 fully saturated rings. The van der Waals surface area contributed by atoms with Gasteiger partial charge in [0.25, 0.3) is 0 Å². The number of benzene rings is 1. The zero-order chi connectivity index (χ0) is 20.5. The first-order valence-electron chi connectivity index (χ1n) is 9.73. The Morgan fingerprint density at radius 2 is 1.75 bits per heavy atom. The quantitative estimate of drug-likeness (QED) is 0.714. The molecule has 0 radical (unpaired) electrons. The number of carbonyl (C=O) groups excluding carboxylic acids is 1. The second-order valence-corrected chi connectivity index (χ2v) is 9.63. The van der Waals surface area contributed by atoms with Gasteiger partial charge in [-0.3, -0.25) is 0 Å². The van der Waals surface area contributed by atoms with Gasteiger partial charge in [-0.05, 0) is 57.7 Å². The molecule has 0 aliphatic carbocycles. The number of amides is 1. The average Bonchev–Trinajstić information content (AvgIpc) is 2.58. The molecule has 0 aromatic heterocycles. The molecule has 2 atom stereocenters. The highest BCUT2D eigenvalue weighted by molar-refractivity contribution is 9.10. The van der Waals surface area contributed by atoms with Gasteiger partial charge >= 0.3 is 12.1 Å². The Labute approximate surface area is 174 Å². The molecule has 1 N–H and O–H groups in total. The molecule has 28 heavy (non-hydrogen) atoms. The van der Waals surface area contributed by atoms with Gasteiger partial charge in [0.2, 0.25) is 0 Å². The summed E-state index contributed by atoms with van der Waals surface area (Å²) < 4.78 is 12.6. The lowest BCUT2D eigenvalue weighted by molar-refractivity contribution is -0.164. The first-order chi connectivity index (χ1) is 13.1. The number of hydrogen-bond donors (Lipinski definition) is 1. The fourth-order valence-electron chi connectivity index (χ4n) is 4.41. The summed E-state index contributed by atoms with van der Waals surface area (Å²) in [6.45, 7) is 5.24. The number of nitrogens with zero attached hydrogens (tertiary/aromatic N) is 1. The fourth-order valence-corrected chi connectivity index (χ4v) is 4.68. The van der Waals surface area contributed by atoms with E-state index in [1.165, 1.54) is 0 Å². The lowest BCUT2D eigenvalue weighted by atomic mass is 9.72. The first kappa shape index (κ1) is 21.1. The molecule has 2 saturated heterocycles. The van der Waals surface area contributed by atoms with Crippen LogP contribution < -0.4 is 0 Å². The van der Waals surface area contributed by atoms with Gasteiger partial charge in [-0.25, -0.2) is 9.59 Å². The number of ether oxygens (including phenoxy) is 2. The molecule has 2 bridgehead atoms. The maximum Gasteiger partial charge on any atom is 0.410 e. The third-order valence-corrected chi connectivity index (χ3v) is 5.97. The summed E-state index contributed by atoms with van der Waals surface area (Å²) in [5, 5.41) is 9.20. The molecule has 154 valence electrons. The van der Waals surface area contributed by atoms with Gasteiger partial charge in [0.15, 0.2) is 0 Å². The molecular formula is C21H28BrNO5. The summed E-state index contributed by atoms with van der Waals surface area (Å²) in [5.41, 5.74) is -0.309. The fraction of sp³-hybridized carbons (Fsp3) is 0.619. The zero-order valence-electron chi connectivity index (χ0n) is 16.6. The van der Waals surface area contributed by atoms with Crippen LogP contribution in [0.4, 0.5) is 4.79 Å². The van der Waals surface area contributed by atoms with Crippen LogP contribution in [0.3, 0.4) is 0 Å². The summed E-state index contributed by atoms with van der Waals surface area (Å²) in [5.74, 6) is -0.990. The van der Waals surface area contributed by atoms with Crippen LogP contribution in [0.25, 0.3) is 0 Å². The summed E-state index contributed by atoms with van der Waals surface area (Å²) in [4.78, 5) is 25.9. The lowest BCUT2D eigenvalue weighted by Crippen LogP contribution is -2.60. The molecule has 2 aliphatic rings. The molecule has 2 heterocycles. The molecule has 1 aromatic rings. The summed E-state index contributed by atoms with van der Waals surface area (Å²) in [7, 11) is 0. The van der Waals surface area contributed by atoms with Crippen LogP contribution in [0.5, 0.6) is 0 Å². The van der Waals surface area contributed by atoms with E-state index in [2.05, 4.69) is 15.9 Å². The Balaban J connectivity index is 1.91. The van der Waals surface area contributed by atoms with Crippen LogP contribution in [0.2, 0.25) is 0 Å². The van der Waals surface area contributed by atoms with E-state index in [9.17, 15) is 14.7 Å². The maximum atomic E-state index is 12.8. The van der Waals surface area contributed by atoms with Crippen LogP contribution in [-0.4, -0.2) is 46.4 Å². The van der Waals surface area contributed by atoms with Gasteiger partial charge in [-0.2, -0.15) is 0 Å². The van der Waals surface area contributed by atoms with E-state index in [-0.39, 0.29) is 24.8 Å². The summed E-state index contributed by atoms with van der Waals surface area (Å²) >= 11 is 3.45. The van der Waals surface area contributed by atoms with E-state index in [0.29, 0.717) is 12.8 Å². The molecule has 2 unspecified atom stereocenters. The number of carboxylic acid groups (broad SMARTS) is 1. The molecule has 1 aromatic carbocycles. The number of hydrogen-bond acceptors (Lipinski definition) is 4. The Morgan fingerprint density at radius 3 is 2.25 bits per heavy atom. The smallest absolute Gasteiger partial charge is 0.410 e. The molecular weight excluding hydrogens is 426 g/mol. The van der Waals surface area contributed by atoms with Crippen molar-refractivity contribution >= 4 is 28.0 Å². The van der Waals surface area contributed by atoms with Gasteiger partial charge in [-0.1, -0.05) is 28.1 Å². The van der Waals surface area contributed by atoms with Crippen molar-refractivity contribution in [2.75, 3.05) is 6.61 Å². The molecule has 2 aliphatic heterocycles. The highest BCUT2D eigenvalue weighted by atomic mass is 79.9. The largest absolute Gasteiger partial charge is 0.480 e. The molecule has 0 spiro atoms. The number of rotatable bonds is 4. The van der Waals surface area contributed by atoms with Crippen molar-refractivity contribution in [3.63, 3.8) is 0 Å². The van der Waals surface area contributed by atoms with Crippen molar-refractivity contribution in [2.24, 2.45) is 0 Å². The minimum absolute atomic E-state index is 0.0280. The normalized spacial score (nSPS) is 27.4. The Kier molecular flexibility index (Phi) is 6.05. The van der Waals surface area contributed by atoms with E-state index in [1.807, 2.05) is 49.9 Å². The standard InChI is InChI=1S/C21H28BrNO5/c1-20(2,3)28-19(26)23-16-5-4-6-17(23)12-21(11-16,27-13-18(24)25)14-7-9-15(22)10-8-14/h7-10,16-17H,4-6,11-13H2,1-3H3,(H,24,25). The average molecular weight is 454 g/mol. The van der Waals surface area contributed by atoms with Crippen LogP contribution in [0.1, 0.15) is 58.4 Å². The number of fused-ring (bicyclic) bond motifs is 2. The molecule has 0 saturated carbocycles. The molecule has 7 heteroatoms. The Hall–Kier alpha value is -1.60. The van der Waals surface area contributed by atoms with Gasteiger partial charge in [0.1, 0.15) is 12.2 Å². The van der Waals surface area contributed by atoms with E-state index < -0.39 is 17.2 Å². The summed E-state index contributed by atoms with van der Waals surface area (Å²) in [6.07, 6.45) is 3.62. The topological polar surface area (TPSA) is 76.1 Å². The maximum absolute atomic E-state index is 12.8. The second kappa shape index (κ2) is 8.03. The Bertz CT molecular complexity index is 713. The van der Waals surface area contributed by atoms with Gasteiger partial charge in [-0.15, -0.1) is 0 Å². The van der Waals surface area contributed by atoms with Crippen molar-refractivity contribution in [2.45, 2.75) is 76.2 Å². The van der Waals surface area contributed by atoms with Crippen LogP contribution in [0, 0.1) is 0 Å². The van der Waals surface area contributed by atoms with Crippen LogP contribution in [-0.2, 0) is 19.9 Å². The van der Waals surface area contributed by atoms with Crippen molar-refractivity contribution in [3.05, 3.63) is 34.3 Å². The van der Waals surface area contributed by atoms with E-state index >= 15 is 0 Å². The minimum Gasteiger partial charge on any atom is -0.480 e. The van der Waals surface area contributed by atoms with E-state index in [4.69, 9.17) is 9.47 Å². The third kappa shape index (κ3) is 4.69. The highest BCUT2D eigenvalue weighted by Gasteiger charge is 2.50. The van der Waals surface area contributed by atoms with Gasteiger partial charge in [0.05, 0.1) is 5.60 Å². The van der Waals surface area contributed by atoms with E-state index in [0.717, 1.165) is 29.3 Å². The lowest BCUT2D eigenvalue weighted by Gasteiger charge is -2.53. The van der Waals surface area contributed by atoms with Crippen molar-refractivity contribution in [1.82, 2.24) is 4.90 Å². The van der Waals surface area contributed by atoms with Crippen molar-refractivity contribution in [1.29, 1.82) is 0 Å². The summed E-state index contributed by atoms with van der Waals surface area (Å²) in [6, 6.07) is 7.78. The Morgan fingerprint density at radius 1 is 1.18 bits per heavy atom. The molecule has 6 nitrogen and oxygen atoms in total. The monoisotopic (exact) mass is 453 g/mol. The SMILES string of the molecule is CC(C)(C)OC(=O)N1C2CCCC1CC(OCC(=O)O)(c1ccc(Br)cc1)C2. The third-order valence-electron chi connectivity index (χ3n) is 5.44. The molecule has 3 rings (SSSR count). The number of carboxylic acids is 1. The number of aliphatic carboxylic acids is 1. The van der Waals surface area contributed by atoms with Crippen LogP contribution >= 0.6 is 15.9 Å². The highest BCUT2D eigenvalue weighted by Crippen LogP contribution is 2.47. The van der Waals surface area contributed by atoms with E-state index in [1.54, 1.807) is 0 Å². The second-order valence-electron chi connectivity index (χ2n) is 8.72. The van der Waals surface area contributed by atoms with Gasteiger partial charge < -0.3 is 19.5 Å². The zero-order valence-corrected chi connectivity index (χ0v) is 18.2. The number of carbonyl (C=O) groups is 2. The molecule has 1 amide bonds. The van der Waals surface area contributed by atoms with Crippen LogP contribution in [0.15, 0.2) is 28.7 Å². The van der Waals surface area contributed by atoms with Gasteiger partial charge in [0, 0.05) is 29.4 Å². The van der Waals surface area contributed by atoms with Crippen molar-refractivity contribution < 1.29 is 24.2 Å². The number of piperidine rings is 2.